The summed E-state index contributed by atoms with van der Waals surface area (Å²) in [5.41, 5.74) is 1.34. The fourth-order valence-electron chi connectivity index (χ4n) is 3.16. The maximum atomic E-state index is 5.98. The molecule has 19 heavy (non-hydrogen) atoms. The van der Waals surface area contributed by atoms with Gasteiger partial charge in [-0.3, -0.25) is 4.90 Å². The molecule has 106 valence electrons. The maximum Gasteiger partial charge on any atom is 0.0417 e. The van der Waals surface area contributed by atoms with Gasteiger partial charge in [-0.1, -0.05) is 33.6 Å². The number of likely N-dealkylation sites (tertiary alicyclic amines) is 1. The first-order chi connectivity index (χ1) is 8.72. The van der Waals surface area contributed by atoms with Gasteiger partial charge in [-0.15, -0.1) is 12.4 Å². The van der Waals surface area contributed by atoms with Gasteiger partial charge in [-0.2, -0.15) is 0 Å². The Kier molecular flexibility index (Phi) is 5.55. The highest BCUT2D eigenvalue weighted by Crippen LogP contribution is 2.28. The van der Waals surface area contributed by atoms with Crippen LogP contribution < -0.4 is 5.32 Å². The van der Waals surface area contributed by atoms with Crippen molar-refractivity contribution in [2.24, 2.45) is 5.92 Å². The molecule has 3 rings (SSSR count). The molecule has 1 N–H and O–H groups in total. The fraction of sp³-hybridized carbons (Fsp3) is 0.571. The summed E-state index contributed by atoms with van der Waals surface area (Å²) in [4.78, 5) is 2.57. The molecule has 2 aliphatic rings. The summed E-state index contributed by atoms with van der Waals surface area (Å²) in [6.07, 6.45) is 2.62. The quantitative estimate of drug-likeness (QED) is 0.859. The van der Waals surface area contributed by atoms with Crippen LogP contribution in [0.1, 0.15) is 18.4 Å². The minimum atomic E-state index is 0. The number of hydrogen-bond acceptors (Lipinski definition) is 2. The third-order valence-electron chi connectivity index (χ3n) is 4.15. The average Bonchev–Trinajstić information content (AvgIpc) is 2.80. The van der Waals surface area contributed by atoms with Crippen LogP contribution in [0.2, 0.25) is 5.02 Å². The molecule has 2 heterocycles. The average molecular weight is 366 g/mol. The van der Waals surface area contributed by atoms with E-state index in [0.717, 1.165) is 28.0 Å². The van der Waals surface area contributed by atoms with Gasteiger partial charge in [-0.25, -0.2) is 0 Å². The first-order valence-corrected chi connectivity index (χ1v) is 7.79. The zero-order chi connectivity index (χ0) is 12.5. The van der Waals surface area contributed by atoms with E-state index >= 15 is 0 Å². The standard InChI is InChI=1S/C14H18BrClN2.ClH/c15-13-7-12(16)2-1-10(13)8-18-6-4-14-11(9-18)3-5-17-14;/h1-2,7,11,14,17H,3-6,8-9H2;1H. The van der Waals surface area contributed by atoms with Crippen molar-refractivity contribution in [3.63, 3.8) is 0 Å². The number of nitrogens with zero attached hydrogens (tertiary/aromatic N) is 1. The second-order valence-electron chi connectivity index (χ2n) is 5.37. The third-order valence-corrected chi connectivity index (χ3v) is 5.12. The Morgan fingerprint density at radius 1 is 1.37 bits per heavy atom. The van der Waals surface area contributed by atoms with Gasteiger partial charge in [0.05, 0.1) is 0 Å². The molecule has 0 amide bonds. The second-order valence-corrected chi connectivity index (χ2v) is 6.66. The predicted molar refractivity (Wildman–Crippen MR) is 86.2 cm³/mol. The summed E-state index contributed by atoms with van der Waals surface area (Å²) in [5, 5.41) is 4.40. The van der Waals surface area contributed by atoms with Crippen LogP contribution in [0.15, 0.2) is 22.7 Å². The molecule has 2 nitrogen and oxygen atoms in total. The monoisotopic (exact) mass is 364 g/mol. The molecule has 1 aromatic rings. The minimum absolute atomic E-state index is 0. The number of piperidine rings is 1. The topological polar surface area (TPSA) is 15.3 Å². The maximum absolute atomic E-state index is 5.98. The largest absolute Gasteiger partial charge is 0.314 e. The summed E-state index contributed by atoms with van der Waals surface area (Å²) in [6, 6.07) is 6.87. The zero-order valence-corrected chi connectivity index (χ0v) is 13.9. The van der Waals surface area contributed by atoms with E-state index in [4.69, 9.17) is 11.6 Å². The Morgan fingerprint density at radius 3 is 3.00 bits per heavy atom. The van der Waals surface area contributed by atoms with Gasteiger partial charge in [0.25, 0.3) is 0 Å². The molecule has 0 radical (unpaired) electrons. The first kappa shape index (κ1) is 15.6. The fourth-order valence-corrected chi connectivity index (χ4v) is 3.97. The van der Waals surface area contributed by atoms with Crippen molar-refractivity contribution in [1.82, 2.24) is 10.2 Å². The van der Waals surface area contributed by atoms with Crippen molar-refractivity contribution in [1.29, 1.82) is 0 Å². The van der Waals surface area contributed by atoms with E-state index in [1.165, 1.54) is 38.0 Å². The van der Waals surface area contributed by atoms with Crippen molar-refractivity contribution in [3.8, 4) is 0 Å². The molecule has 2 aliphatic heterocycles. The Bertz CT molecular complexity index is 441. The molecular formula is C14H19BrCl2N2. The second kappa shape index (κ2) is 6.77. The Balaban J connectivity index is 0.00000133. The van der Waals surface area contributed by atoms with Gasteiger partial charge in [0.1, 0.15) is 0 Å². The molecule has 2 atom stereocenters. The third kappa shape index (κ3) is 3.64. The lowest BCUT2D eigenvalue weighted by atomic mass is 9.93. The summed E-state index contributed by atoms with van der Waals surface area (Å²) >= 11 is 9.59. The van der Waals surface area contributed by atoms with Crippen LogP contribution in [-0.2, 0) is 6.54 Å². The molecule has 0 spiro atoms. The van der Waals surface area contributed by atoms with Crippen LogP contribution in [0.5, 0.6) is 0 Å². The van der Waals surface area contributed by atoms with Crippen molar-refractivity contribution in [3.05, 3.63) is 33.3 Å². The smallest absolute Gasteiger partial charge is 0.0417 e. The molecule has 0 saturated carbocycles. The van der Waals surface area contributed by atoms with E-state index in [-0.39, 0.29) is 12.4 Å². The highest BCUT2D eigenvalue weighted by molar-refractivity contribution is 9.10. The van der Waals surface area contributed by atoms with Gasteiger partial charge < -0.3 is 5.32 Å². The van der Waals surface area contributed by atoms with Gasteiger partial charge in [0.15, 0.2) is 0 Å². The van der Waals surface area contributed by atoms with Crippen LogP contribution in [0.3, 0.4) is 0 Å². The lowest BCUT2D eigenvalue weighted by Crippen LogP contribution is -2.43. The number of benzene rings is 1. The van der Waals surface area contributed by atoms with E-state index in [2.05, 4.69) is 32.2 Å². The van der Waals surface area contributed by atoms with Gasteiger partial charge in [0.2, 0.25) is 0 Å². The zero-order valence-electron chi connectivity index (χ0n) is 10.7. The molecule has 5 heteroatoms. The van der Waals surface area contributed by atoms with Gasteiger partial charge in [0, 0.05) is 28.6 Å². The van der Waals surface area contributed by atoms with Gasteiger partial charge >= 0.3 is 0 Å². The summed E-state index contributed by atoms with van der Waals surface area (Å²) in [7, 11) is 0. The first-order valence-electron chi connectivity index (χ1n) is 6.62. The van der Waals surface area contributed by atoms with Crippen molar-refractivity contribution >= 4 is 39.9 Å². The van der Waals surface area contributed by atoms with Crippen LogP contribution in [0.25, 0.3) is 0 Å². The Hall–Kier alpha value is 0.200. The Labute approximate surface area is 134 Å². The molecule has 0 bridgehead atoms. The van der Waals surface area contributed by atoms with Crippen molar-refractivity contribution in [2.75, 3.05) is 19.6 Å². The highest BCUT2D eigenvalue weighted by Gasteiger charge is 2.32. The van der Waals surface area contributed by atoms with E-state index < -0.39 is 0 Å². The molecule has 0 aromatic heterocycles. The molecule has 0 aliphatic carbocycles. The summed E-state index contributed by atoms with van der Waals surface area (Å²) in [5.74, 6) is 0.852. The SMILES string of the molecule is Cl.Clc1ccc(CN2CCC3NCCC3C2)c(Br)c1. The van der Waals surface area contributed by atoms with E-state index in [0.29, 0.717) is 0 Å². The van der Waals surface area contributed by atoms with Gasteiger partial charge in [-0.05, 0) is 49.5 Å². The van der Waals surface area contributed by atoms with E-state index in [9.17, 15) is 0 Å². The van der Waals surface area contributed by atoms with Crippen LogP contribution in [0.4, 0.5) is 0 Å². The van der Waals surface area contributed by atoms with Crippen molar-refractivity contribution in [2.45, 2.75) is 25.4 Å². The molecule has 2 saturated heterocycles. The van der Waals surface area contributed by atoms with Crippen LogP contribution in [-0.4, -0.2) is 30.6 Å². The van der Waals surface area contributed by atoms with Crippen LogP contribution >= 0.6 is 39.9 Å². The summed E-state index contributed by atoms with van der Waals surface area (Å²) < 4.78 is 1.13. The normalized spacial score (nSPS) is 26.8. The number of halogens is 3. The minimum Gasteiger partial charge on any atom is -0.314 e. The van der Waals surface area contributed by atoms with Crippen molar-refractivity contribution < 1.29 is 0 Å². The number of rotatable bonds is 2. The lowest BCUT2D eigenvalue weighted by Gasteiger charge is -2.35. The lowest BCUT2D eigenvalue weighted by molar-refractivity contribution is 0.155. The molecule has 2 fully saturated rings. The number of hydrogen-bond donors (Lipinski definition) is 1. The van der Waals surface area contributed by atoms with E-state index in [1.807, 2.05) is 12.1 Å². The highest BCUT2D eigenvalue weighted by atomic mass is 79.9. The number of nitrogens with one attached hydrogen (secondary N) is 1. The van der Waals surface area contributed by atoms with Crippen LogP contribution in [0, 0.1) is 5.92 Å². The number of fused-ring (bicyclic) bond motifs is 1. The summed E-state index contributed by atoms with van der Waals surface area (Å²) in [6.45, 7) is 4.66. The van der Waals surface area contributed by atoms with E-state index in [1.54, 1.807) is 0 Å². The molecule has 2 unspecified atom stereocenters. The molecular weight excluding hydrogens is 347 g/mol. The predicted octanol–water partition coefficient (Wildman–Crippen LogP) is 3.71. The molecule has 1 aromatic carbocycles. The Morgan fingerprint density at radius 2 is 2.21 bits per heavy atom.